The van der Waals surface area contributed by atoms with Gasteiger partial charge in [-0.1, -0.05) is 376 Å². The molecule has 0 aliphatic heterocycles. The Kier molecular flexibility index (Phi) is 26.0. The van der Waals surface area contributed by atoms with Crippen molar-refractivity contribution < 1.29 is 0 Å². The van der Waals surface area contributed by atoms with Crippen LogP contribution < -0.4 is 0 Å². The minimum atomic E-state index is 1.31. The van der Waals surface area contributed by atoms with Gasteiger partial charge in [-0.3, -0.25) is 0 Å². The van der Waals surface area contributed by atoms with E-state index in [1.807, 2.05) is 182 Å². The first-order valence-corrected chi connectivity index (χ1v) is 23.6. The molecular weight excluding hydrogens is 841 g/mol. The van der Waals surface area contributed by atoms with Crippen molar-refractivity contribution in [3.63, 3.8) is 0 Å². The van der Waals surface area contributed by atoms with Gasteiger partial charge >= 0.3 is 0 Å². The van der Waals surface area contributed by atoms with E-state index in [2.05, 4.69) is 194 Å². The fourth-order valence-corrected chi connectivity index (χ4v) is 6.46. The fraction of sp³-hybridized carbons (Fsp3) is 0. The Morgan fingerprint density at radius 3 is 0.186 bits per heavy atom. The lowest BCUT2D eigenvalue weighted by molar-refractivity contribution is 1.72. The summed E-state index contributed by atoms with van der Waals surface area (Å²) >= 11 is 0. The summed E-state index contributed by atoms with van der Waals surface area (Å²) in [7, 11) is 0. The maximum Gasteiger partial charge on any atom is -0.0184 e. The van der Waals surface area contributed by atoms with E-state index in [1.54, 1.807) is 0 Å². The molecule has 0 saturated heterocycles. The summed E-state index contributed by atoms with van der Waals surface area (Å²) in [4.78, 5) is 0. The maximum atomic E-state index is 2.12. The highest BCUT2D eigenvalue weighted by atomic mass is 13.9. The molecule has 0 heterocycles. The molecule has 342 valence electrons. The predicted octanol–water partition coefficient (Wildman–Crippen LogP) is 19.8. The Balaban J connectivity index is 0.000000148. The van der Waals surface area contributed by atoms with Crippen molar-refractivity contribution >= 4 is 43.1 Å². The van der Waals surface area contributed by atoms with E-state index in [4.69, 9.17) is 0 Å². The van der Waals surface area contributed by atoms with Gasteiger partial charge in [0.1, 0.15) is 0 Å². The van der Waals surface area contributed by atoms with Gasteiger partial charge in [0.05, 0.1) is 0 Å². The molecule has 0 aliphatic rings. The third kappa shape index (κ3) is 22.9. The lowest BCUT2D eigenvalue weighted by Crippen LogP contribution is -1.67. The Bertz CT molecular complexity index is 2330. The molecule has 0 amide bonds. The van der Waals surface area contributed by atoms with Crippen LogP contribution in [0.15, 0.2) is 376 Å². The zero-order valence-electron chi connectivity index (χ0n) is 39.8. The summed E-state index contributed by atoms with van der Waals surface area (Å²) in [6.07, 6.45) is 0. The molecule has 13 aromatic carbocycles. The third-order valence-corrected chi connectivity index (χ3v) is 9.97. The van der Waals surface area contributed by atoms with Crippen molar-refractivity contribution in [2.45, 2.75) is 0 Å². The summed E-state index contributed by atoms with van der Waals surface area (Å²) in [5, 5.41) is 10.5. The first-order chi connectivity index (χ1) is 34.9. The standard InChI is InChI=1S/4C10H8.5C6H6/c4*1-2-6-10-8-4-3-7-9(10)5-1;5*1-2-4-6-5-3-1/h4*1-8H;5*1-6H. The monoisotopic (exact) mass is 902 g/mol. The van der Waals surface area contributed by atoms with E-state index in [0.717, 1.165) is 0 Å². The minimum absolute atomic E-state index is 1.31. The van der Waals surface area contributed by atoms with Gasteiger partial charge in [0.15, 0.2) is 0 Å². The molecule has 0 bridgehead atoms. The van der Waals surface area contributed by atoms with E-state index in [0.29, 0.717) is 0 Å². The largest absolute Gasteiger partial charge is 0.0623 e. The van der Waals surface area contributed by atoms with Gasteiger partial charge in [-0.25, -0.2) is 0 Å². The predicted molar refractivity (Wildman–Crippen MR) is 308 cm³/mol. The van der Waals surface area contributed by atoms with Gasteiger partial charge in [0.25, 0.3) is 0 Å². The van der Waals surface area contributed by atoms with Gasteiger partial charge in [0.2, 0.25) is 0 Å². The summed E-state index contributed by atoms with van der Waals surface area (Å²) in [5.74, 6) is 0. The molecule has 0 nitrogen and oxygen atoms in total. The number of fused-ring (bicyclic) bond motifs is 4. The highest BCUT2D eigenvalue weighted by Gasteiger charge is 1.88. The minimum Gasteiger partial charge on any atom is -0.0623 e. The van der Waals surface area contributed by atoms with Crippen molar-refractivity contribution in [1.29, 1.82) is 0 Å². The topological polar surface area (TPSA) is 0 Å². The van der Waals surface area contributed by atoms with Crippen molar-refractivity contribution in [3.05, 3.63) is 376 Å². The lowest BCUT2D eigenvalue weighted by atomic mass is 10.1. The molecule has 0 saturated carbocycles. The van der Waals surface area contributed by atoms with Crippen molar-refractivity contribution in [3.8, 4) is 0 Å². The average molecular weight is 903 g/mol. The molecule has 0 radical (unpaired) electrons. The summed E-state index contributed by atoms with van der Waals surface area (Å²) in [6, 6.07) is 127. The van der Waals surface area contributed by atoms with Crippen LogP contribution in [0.25, 0.3) is 43.1 Å². The van der Waals surface area contributed by atoms with Gasteiger partial charge in [-0.15, -0.1) is 0 Å². The molecule has 0 N–H and O–H groups in total. The number of hydrogen-bond donors (Lipinski definition) is 0. The number of rotatable bonds is 0. The second-order valence-corrected chi connectivity index (χ2v) is 15.2. The van der Waals surface area contributed by atoms with Crippen LogP contribution in [-0.2, 0) is 0 Å². The summed E-state index contributed by atoms with van der Waals surface area (Å²) < 4.78 is 0. The zero-order valence-corrected chi connectivity index (χ0v) is 39.8. The molecule has 0 fully saturated rings. The second kappa shape index (κ2) is 35.1. The SMILES string of the molecule is c1ccc2ccccc2c1.c1ccc2ccccc2c1.c1ccc2ccccc2c1.c1ccc2ccccc2c1.c1ccccc1.c1ccccc1.c1ccccc1.c1ccccc1.c1ccccc1. The normalized spacial score (nSPS) is 9.14. The van der Waals surface area contributed by atoms with Crippen LogP contribution >= 0.6 is 0 Å². The number of benzene rings is 13. The van der Waals surface area contributed by atoms with Gasteiger partial charge in [0, 0.05) is 0 Å². The molecular formula is C70H62. The third-order valence-electron chi connectivity index (χ3n) is 9.97. The van der Waals surface area contributed by atoms with Gasteiger partial charge in [-0.05, 0) is 43.1 Å². The summed E-state index contributed by atoms with van der Waals surface area (Å²) in [5.41, 5.74) is 0. The first-order valence-electron chi connectivity index (χ1n) is 23.6. The molecule has 0 unspecified atom stereocenters. The van der Waals surface area contributed by atoms with E-state index in [-0.39, 0.29) is 0 Å². The number of hydrogen-bond acceptors (Lipinski definition) is 0. The molecule has 0 heteroatoms. The Morgan fingerprint density at radius 2 is 0.129 bits per heavy atom. The van der Waals surface area contributed by atoms with E-state index in [1.165, 1.54) is 43.1 Å². The van der Waals surface area contributed by atoms with Crippen LogP contribution in [0.4, 0.5) is 0 Å². The van der Waals surface area contributed by atoms with Crippen LogP contribution in [0, 0.1) is 0 Å². The van der Waals surface area contributed by atoms with E-state index in [9.17, 15) is 0 Å². The van der Waals surface area contributed by atoms with Crippen LogP contribution in [0.5, 0.6) is 0 Å². The maximum absolute atomic E-state index is 2.12. The quantitative estimate of drug-likeness (QED) is 0.142. The van der Waals surface area contributed by atoms with Crippen molar-refractivity contribution in [2.75, 3.05) is 0 Å². The van der Waals surface area contributed by atoms with Gasteiger partial charge in [-0.2, -0.15) is 0 Å². The van der Waals surface area contributed by atoms with Crippen molar-refractivity contribution in [1.82, 2.24) is 0 Å². The molecule has 13 aromatic rings. The molecule has 0 aromatic heterocycles. The summed E-state index contributed by atoms with van der Waals surface area (Å²) in [6.45, 7) is 0. The van der Waals surface area contributed by atoms with Crippen LogP contribution in [0.1, 0.15) is 0 Å². The van der Waals surface area contributed by atoms with Crippen LogP contribution in [-0.4, -0.2) is 0 Å². The highest BCUT2D eigenvalue weighted by Crippen LogP contribution is 2.14. The molecule has 0 spiro atoms. The Morgan fingerprint density at radius 1 is 0.0714 bits per heavy atom. The molecule has 0 aliphatic carbocycles. The van der Waals surface area contributed by atoms with Crippen LogP contribution in [0.3, 0.4) is 0 Å². The van der Waals surface area contributed by atoms with Crippen molar-refractivity contribution in [2.24, 2.45) is 0 Å². The fourth-order valence-electron chi connectivity index (χ4n) is 6.46. The smallest absolute Gasteiger partial charge is 0.0184 e. The average Bonchev–Trinajstić information content (AvgIpc) is 3.49. The second-order valence-electron chi connectivity index (χ2n) is 15.2. The lowest BCUT2D eigenvalue weighted by Gasteiger charge is -1.92. The Hall–Kier alpha value is -9.10. The van der Waals surface area contributed by atoms with E-state index < -0.39 is 0 Å². The molecule has 13 rings (SSSR count). The van der Waals surface area contributed by atoms with Crippen LogP contribution in [0.2, 0.25) is 0 Å². The Labute approximate surface area is 417 Å². The van der Waals surface area contributed by atoms with E-state index >= 15 is 0 Å². The zero-order chi connectivity index (χ0) is 48.5. The highest BCUT2D eigenvalue weighted by molar-refractivity contribution is 5.84. The molecule has 0 atom stereocenters. The first kappa shape index (κ1) is 51.9. The molecule has 70 heavy (non-hydrogen) atoms. The van der Waals surface area contributed by atoms with Gasteiger partial charge < -0.3 is 0 Å².